The van der Waals surface area contributed by atoms with Crippen molar-refractivity contribution >= 4 is 0 Å². The Balaban J connectivity index is 2.30. The van der Waals surface area contributed by atoms with Crippen LogP contribution in [0.5, 0.6) is 0 Å². The fourth-order valence-electron chi connectivity index (χ4n) is 3.07. The second-order valence-corrected chi connectivity index (χ2v) is 8.67. The van der Waals surface area contributed by atoms with Crippen molar-refractivity contribution in [2.75, 3.05) is 0 Å². The highest BCUT2D eigenvalue weighted by molar-refractivity contribution is 5.63. The van der Waals surface area contributed by atoms with Gasteiger partial charge in [0.2, 0.25) is 0 Å². The summed E-state index contributed by atoms with van der Waals surface area (Å²) in [6.07, 6.45) is 1.21. The summed E-state index contributed by atoms with van der Waals surface area (Å²) >= 11 is 0. The maximum Gasteiger partial charge on any atom is -0.0108 e. The van der Waals surface area contributed by atoms with E-state index in [0.29, 0.717) is 11.3 Å². The molecule has 22 heavy (non-hydrogen) atoms. The van der Waals surface area contributed by atoms with E-state index in [9.17, 15) is 0 Å². The molecule has 1 atom stereocenters. The SMILES string of the molecule is CC(C)(C)CC(c1ccc(-c2ccccc2)cc1)C(C)(C)C. The Bertz CT molecular complexity index is 577. The summed E-state index contributed by atoms with van der Waals surface area (Å²) in [5.41, 5.74) is 4.67. The molecule has 0 aliphatic carbocycles. The number of hydrogen-bond donors (Lipinski definition) is 0. The van der Waals surface area contributed by atoms with Crippen LogP contribution in [0.25, 0.3) is 11.1 Å². The lowest BCUT2D eigenvalue weighted by Crippen LogP contribution is -2.23. The Morgan fingerprint density at radius 2 is 1.18 bits per heavy atom. The average molecular weight is 294 g/mol. The van der Waals surface area contributed by atoms with Crippen LogP contribution in [-0.4, -0.2) is 0 Å². The topological polar surface area (TPSA) is 0 Å². The zero-order chi connectivity index (χ0) is 16.4. The monoisotopic (exact) mass is 294 g/mol. The Morgan fingerprint density at radius 1 is 0.682 bits per heavy atom. The normalized spacial score (nSPS) is 13.9. The van der Waals surface area contributed by atoms with E-state index < -0.39 is 0 Å². The van der Waals surface area contributed by atoms with Crippen LogP contribution in [0.15, 0.2) is 54.6 Å². The summed E-state index contributed by atoms with van der Waals surface area (Å²) < 4.78 is 0. The van der Waals surface area contributed by atoms with Gasteiger partial charge < -0.3 is 0 Å². The zero-order valence-corrected chi connectivity index (χ0v) is 15.0. The van der Waals surface area contributed by atoms with Gasteiger partial charge in [0.15, 0.2) is 0 Å². The lowest BCUT2D eigenvalue weighted by molar-refractivity contribution is 0.229. The van der Waals surface area contributed by atoms with E-state index in [1.807, 2.05) is 0 Å². The molecule has 1 unspecified atom stereocenters. The van der Waals surface area contributed by atoms with Crippen LogP contribution in [-0.2, 0) is 0 Å². The third-order valence-electron chi connectivity index (χ3n) is 4.28. The third kappa shape index (κ3) is 4.47. The van der Waals surface area contributed by atoms with E-state index >= 15 is 0 Å². The van der Waals surface area contributed by atoms with E-state index in [1.54, 1.807) is 0 Å². The van der Waals surface area contributed by atoms with Gasteiger partial charge in [-0.3, -0.25) is 0 Å². The fraction of sp³-hybridized carbons (Fsp3) is 0.455. The summed E-state index contributed by atoms with van der Waals surface area (Å²) in [6.45, 7) is 14.1. The molecule has 0 radical (unpaired) electrons. The van der Waals surface area contributed by atoms with Crippen molar-refractivity contribution in [3.8, 4) is 11.1 Å². The molecule has 0 amide bonds. The number of rotatable bonds is 3. The minimum atomic E-state index is 0.279. The lowest BCUT2D eigenvalue weighted by Gasteiger charge is -2.36. The molecule has 0 aliphatic rings. The predicted octanol–water partition coefficient (Wildman–Crippen LogP) is 6.92. The highest BCUT2D eigenvalue weighted by Crippen LogP contribution is 2.43. The molecule has 0 N–H and O–H groups in total. The molecule has 2 aromatic carbocycles. The molecular formula is C22H30. The average Bonchev–Trinajstić information content (AvgIpc) is 2.44. The van der Waals surface area contributed by atoms with Crippen LogP contribution in [0.1, 0.15) is 59.4 Å². The van der Waals surface area contributed by atoms with E-state index in [1.165, 1.54) is 23.1 Å². The second kappa shape index (κ2) is 6.28. The summed E-state index contributed by atoms with van der Waals surface area (Å²) in [4.78, 5) is 0. The molecule has 0 heteroatoms. The fourth-order valence-corrected chi connectivity index (χ4v) is 3.07. The molecule has 0 saturated carbocycles. The van der Waals surface area contributed by atoms with Crippen LogP contribution in [0, 0.1) is 10.8 Å². The Morgan fingerprint density at radius 3 is 1.64 bits per heavy atom. The Labute approximate surface area is 136 Å². The molecule has 0 nitrogen and oxygen atoms in total. The van der Waals surface area contributed by atoms with Gasteiger partial charge in [0.25, 0.3) is 0 Å². The van der Waals surface area contributed by atoms with Crippen LogP contribution >= 0.6 is 0 Å². The van der Waals surface area contributed by atoms with Gasteiger partial charge in [0.1, 0.15) is 0 Å². The molecule has 118 valence electrons. The molecule has 0 bridgehead atoms. The highest BCUT2D eigenvalue weighted by Gasteiger charge is 2.30. The summed E-state index contributed by atoms with van der Waals surface area (Å²) in [7, 11) is 0. The molecule has 0 spiro atoms. The molecule has 0 aliphatic heterocycles. The Kier molecular flexibility index (Phi) is 4.80. The summed E-state index contributed by atoms with van der Waals surface area (Å²) in [6, 6.07) is 19.8. The summed E-state index contributed by atoms with van der Waals surface area (Å²) in [5.74, 6) is 0.581. The van der Waals surface area contributed by atoms with Crippen molar-refractivity contribution in [3.05, 3.63) is 60.2 Å². The Hall–Kier alpha value is -1.56. The first-order chi connectivity index (χ1) is 10.2. The standard InChI is InChI=1S/C22H30/c1-21(2,3)16-20(22(4,5)6)19-14-12-18(13-15-19)17-10-8-7-9-11-17/h7-15,20H,16H2,1-6H3. The number of benzene rings is 2. The van der Waals surface area contributed by atoms with Crippen LogP contribution in [0.2, 0.25) is 0 Å². The minimum Gasteiger partial charge on any atom is -0.0622 e. The van der Waals surface area contributed by atoms with Crippen molar-refractivity contribution in [2.24, 2.45) is 10.8 Å². The molecule has 2 aromatic rings. The first-order valence-electron chi connectivity index (χ1n) is 8.32. The van der Waals surface area contributed by atoms with E-state index in [-0.39, 0.29) is 5.41 Å². The quantitative estimate of drug-likeness (QED) is 0.576. The van der Waals surface area contributed by atoms with Crippen molar-refractivity contribution in [2.45, 2.75) is 53.9 Å². The van der Waals surface area contributed by atoms with Crippen molar-refractivity contribution in [1.82, 2.24) is 0 Å². The second-order valence-electron chi connectivity index (χ2n) is 8.67. The van der Waals surface area contributed by atoms with Gasteiger partial charge in [-0.2, -0.15) is 0 Å². The van der Waals surface area contributed by atoms with Crippen molar-refractivity contribution < 1.29 is 0 Å². The van der Waals surface area contributed by atoms with Gasteiger partial charge in [0, 0.05) is 0 Å². The van der Waals surface area contributed by atoms with Crippen molar-refractivity contribution in [3.63, 3.8) is 0 Å². The van der Waals surface area contributed by atoms with E-state index in [4.69, 9.17) is 0 Å². The number of hydrogen-bond acceptors (Lipinski definition) is 0. The van der Waals surface area contributed by atoms with E-state index in [0.717, 1.165) is 0 Å². The van der Waals surface area contributed by atoms with Crippen molar-refractivity contribution in [1.29, 1.82) is 0 Å². The molecule has 0 aromatic heterocycles. The molecule has 0 heterocycles. The van der Waals surface area contributed by atoms with Gasteiger partial charge in [-0.05, 0) is 39.9 Å². The molecule has 2 rings (SSSR count). The largest absolute Gasteiger partial charge is 0.0622 e. The lowest BCUT2D eigenvalue weighted by atomic mass is 9.69. The maximum atomic E-state index is 2.36. The minimum absolute atomic E-state index is 0.279. The summed E-state index contributed by atoms with van der Waals surface area (Å²) in [5, 5.41) is 0. The maximum absolute atomic E-state index is 2.36. The van der Waals surface area contributed by atoms with Gasteiger partial charge in [-0.15, -0.1) is 0 Å². The van der Waals surface area contributed by atoms with Gasteiger partial charge in [-0.25, -0.2) is 0 Å². The molecule has 0 saturated heterocycles. The third-order valence-corrected chi connectivity index (χ3v) is 4.28. The van der Waals surface area contributed by atoms with Crippen LogP contribution in [0.4, 0.5) is 0 Å². The zero-order valence-electron chi connectivity index (χ0n) is 15.0. The smallest absolute Gasteiger partial charge is 0.0108 e. The first-order valence-corrected chi connectivity index (χ1v) is 8.32. The van der Waals surface area contributed by atoms with Crippen LogP contribution < -0.4 is 0 Å². The van der Waals surface area contributed by atoms with Gasteiger partial charge in [0.05, 0.1) is 0 Å². The molecule has 0 fully saturated rings. The highest BCUT2D eigenvalue weighted by atomic mass is 14.3. The van der Waals surface area contributed by atoms with Gasteiger partial charge in [-0.1, -0.05) is 96.1 Å². The first kappa shape index (κ1) is 16.8. The van der Waals surface area contributed by atoms with Crippen LogP contribution in [0.3, 0.4) is 0 Å². The van der Waals surface area contributed by atoms with Gasteiger partial charge >= 0.3 is 0 Å². The molecular weight excluding hydrogens is 264 g/mol. The van der Waals surface area contributed by atoms with E-state index in [2.05, 4.69) is 96.1 Å². The predicted molar refractivity (Wildman–Crippen MR) is 98.1 cm³/mol.